The Morgan fingerprint density at radius 1 is 1.50 bits per heavy atom. The number of aromatic amines is 1. The molecule has 0 saturated carbocycles. The molecule has 0 fully saturated rings. The highest BCUT2D eigenvalue weighted by molar-refractivity contribution is 5.94. The molecule has 102 valence electrons. The zero-order chi connectivity index (χ0) is 14.4. The first-order valence-corrected chi connectivity index (χ1v) is 6.17. The van der Waals surface area contributed by atoms with E-state index < -0.39 is 0 Å². The van der Waals surface area contributed by atoms with Crippen LogP contribution < -0.4 is 5.32 Å². The maximum absolute atomic E-state index is 12.0. The summed E-state index contributed by atoms with van der Waals surface area (Å²) in [7, 11) is 0. The highest BCUT2D eigenvalue weighted by atomic mass is 16.2. The Labute approximate surface area is 117 Å². The van der Waals surface area contributed by atoms with Crippen LogP contribution in [0.3, 0.4) is 0 Å². The Hall–Kier alpha value is -2.58. The highest BCUT2D eigenvalue weighted by Gasteiger charge is 2.07. The zero-order valence-corrected chi connectivity index (χ0v) is 11.1. The van der Waals surface area contributed by atoms with Crippen LogP contribution in [0.15, 0.2) is 30.5 Å². The van der Waals surface area contributed by atoms with Gasteiger partial charge in [-0.1, -0.05) is 17.9 Å². The molecule has 1 aromatic carbocycles. The Bertz CT molecular complexity index is 665. The van der Waals surface area contributed by atoms with E-state index in [1.54, 1.807) is 30.5 Å². The lowest BCUT2D eigenvalue weighted by molar-refractivity contribution is 0.0951. The van der Waals surface area contributed by atoms with Crippen molar-refractivity contribution in [3.63, 3.8) is 0 Å². The van der Waals surface area contributed by atoms with Crippen molar-refractivity contribution in [3.8, 4) is 11.8 Å². The predicted octanol–water partition coefficient (Wildman–Crippen LogP) is 0.992. The maximum atomic E-state index is 12.0. The molecule has 0 bridgehead atoms. The normalized spacial score (nSPS) is 9.70. The Morgan fingerprint density at radius 2 is 2.35 bits per heavy atom. The number of hydrogen-bond acceptors (Lipinski definition) is 3. The molecule has 5 heteroatoms. The number of hydrogen-bond donors (Lipinski definition) is 3. The third kappa shape index (κ3) is 3.46. The molecule has 3 N–H and O–H groups in total. The van der Waals surface area contributed by atoms with E-state index >= 15 is 0 Å². The third-order valence-electron chi connectivity index (χ3n) is 2.81. The monoisotopic (exact) mass is 269 g/mol. The molecule has 0 aliphatic carbocycles. The van der Waals surface area contributed by atoms with Crippen LogP contribution in [-0.2, 0) is 6.54 Å². The first kappa shape index (κ1) is 13.8. The summed E-state index contributed by atoms with van der Waals surface area (Å²) in [6.45, 7) is 2.13. The summed E-state index contributed by atoms with van der Waals surface area (Å²) in [5.41, 5.74) is 3.13. The molecule has 2 rings (SSSR count). The molecule has 0 atom stereocenters. The molecule has 1 aromatic heterocycles. The van der Waals surface area contributed by atoms with E-state index in [4.69, 9.17) is 5.11 Å². The SMILES string of the molecule is Cc1[nH]ncc1CNC(=O)c1cccc(C#CCO)c1. The second-order valence-electron chi connectivity index (χ2n) is 4.24. The van der Waals surface area contributed by atoms with Crippen LogP contribution in [0.4, 0.5) is 0 Å². The van der Waals surface area contributed by atoms with Gasteiger partial charge in [0, 0.05) is 28.9 Å². The van der Waals surface area contributed by atoms with Crippen LogP contribution in [0.25, 0.3) is 0 Å². The molecule has 0 saturated heterocycles. The van der Waals surface area contributed by atoms with Gasteiger partial charge in [0.25, 0.3) is 5.91 Å². The zero-order valence-electron chi connectivity index (χ0n) is 11.1. The van der Waals surface area contributed by atoms with Gasteiger partial charge >= 0.3 is 0 Å². The van der Waals surface area contributed by atoms with Crippen LogP contribution in [0.2, 0.25) is 0 Å². The average Bonchev–Trinajstić information content (AvgIpc) is 2.88. The van der Waals surface area contributed by atoms with E-state index in [1.807, 2.05) is 6.92 Å². The molecule has 0 aliphatic rings. The van der Waals surface area contributed by atoms with Crippen molar-refractivity contribution in [1.29, 1.82) is 0 Å². The second kappa shape index (κ2) is 6.55. The first-order valence-electron chi connectivity index (χ1n) is 6.17. The second-order valence-corrected chi connectivity index (χ2v) is 4.24. The molecule has 0 radical (unpaired) electrons. The maximum Gasteiger partial charge on any atom is 0.251 e. The highest BCUT2D eigenvalue weighted by Crippen LogP contribution is 2.06. The largest absolute Gasteiger partial charge is 0.384 e. The Balaban J connectivity index is 2.04. The van der Waals surface area contributed by atoms with Gasteiger partial charge in [0.2, 0.25) is 0 Å². The van der Waals surface area contributed by atoms with Gasteiger partial charge in [-0.15, -0.1) is 0 Å². The fraction of sp³-hybridized carbons (Fsp3) is 0.200. The number of nitrogens with one attached hydrogen (secondary N) is 2. The van der Waals surface area contributed by atoms with Crippen molar-refractivity contribution in [1.82, 2.24) is 15.5 Å². The molecule has 2 aromatic rings. The standard InChI is InChI=1S/C15H15N3O2/c1-11-14(10-17-18-11)9-16-15(20)13-6-2-4-12(8-13)5-3-7-19/h2,4,6,8,10,19H,7,9H2,1H3,(H,16,20)(H,17,18). The third-order valence-corrected chi connectivity index (χ3v) is 2.81. The molecule has 5 nitrogen and oxygen atoms in total. The number of carbonyl (C=O) groups is 1. The average molecular weight is 269 g/mol. The number of aliphatic hydroxyl groups is 1. The predicted molar refractivity (Wildman–Crippen MR) is 74.9 cm³/mol. The minimum absolute atomic E-state index is 0.168. The van der Waals surface area contributed by atoms with Gasteiger partial charge in [-0.2, -0.15) is 5.10 Å². The number of amides is 1. The molecule has 1 amide bonds. The minimum Gasteiger partial charge on any atom is -0.384 e. The molecule has 20 heavy (non-hydrogen) atoms. The van der Waals surface area contributed by atoms with E-state index in [-0.39, 0.29) is 12.5 Å². The Kier molecular flexibility index (Phi) is 4.53. The number of aromatic nitrogens is 2. The van der Waals surface area contributed by atoms with E-state index in [0.29, 0.717) is 17.7 Å². The van der Waals surface area contributed by atoms with Crippen molar-refractivity contribution in [3.05, 3.63) is 52.8 Å². The minimum atomic E-state index is -0.198. The summed E-state index contributed by atoms with van der Waals surface area (Å²) in [5.74, 6) is 5.16. The van der Waals surface area contributed by atoms with E-state index in [2.05, 4.69) is 27.4 Å². The lowest BCUT2D eigenvalue weighted by Gasteiger charge is -2.05. The van der Waals surface area contributed by atoms with Crippen LogP contribution in [0, 0.1) is 18.8 Å². The van der Waals surface area contributed by atoms with Crippen molar-refractivity contribution >= 4 is 5.91 Å². The number of H-pyrrole nitrogens is 1. The summed E-state index contributed by atoms with van der Waals surface area (Å²) < 4.78 is 0. The smallest absolute Gasteiger partial charge is 0.251 e. The Morgan fingerprint density at radius 3 is 3.05 bits per heavy atom. The number of benzene rings is 1. The molecule has 1 heterocycles. The topological polar surface area (TPSA) is 78.0 Å². The van der Waals surface area contributed by atoms with E-state index in [1.165, 1.54) is 0 Å². The number of aryl methyl sites for hydroxylation is 1. The van der Waals surface area contributed by atoms with Gasteiger partial charge in [0.1, 0.15) is 6.61 Å². The first-order chi connectivity index (χ1) is 9.70. The van der Waals surface area contributed by atoms with Crippen molar-refractivity contribution < 1.29 is 9.90 Å². The van der Waals surface area contributed by atoms with Gasteiger partial charge in [-0.3, -0.25) is 9.89 Å². The molecule has 0 aliphatic heterocycles. The molecule has 0 spiro atoms. The molecule has 0 unspecified atom stereocenters. The van der Waals surface area contributed by atoms with E-state index in [0.717, 1.165) is 11.3 Å². The summed E-state index contributed by atoms with van der Waals surface area (Å²) in [6.07, 6.45) is 1.69. The summed E-state index contributed by atoms with van der Waals surface area (Å²) in [6, 6.07) is 6.97. The van der Waals surface area contributed by atoms with E-state index in [9.17, 15) is 4.79 Å². The van der Waals surface area contributed by atoms with Gasteiger partial charge in [-0.25, -0.2) is 0 Å². The van der Waals surface area contributed by atoms with Crippen molar-refractivity contribution in [2.75, 3.05) is 6.61 Å². The lowest BCUT2D eigenvalue weighted by atomic mass is 10.1. The van der Waals surface area contributed by atoms with Crippen molar-refractivity contribution in [2.45, 2.75) is 13.5 Å². The number of rotatable bonds is 3. The fourth-order valence-electron chi connectivity index (χ4n) is 1.71. The van der Waals surface area contributed by atoms with Crippen LogP contribution in [0.5, 0.6) is 0 Å². The number of nitrogens with zero attached hydrogens (tertiary/aromatic N) is 1. The number of carbonyl (C=O) groups excluding carboxylic acids is 1. The fourth-order valence-corrected chi connectivity index (χ4v) is 1.71. The molecular formula is C15H15N3O2. The van der Waals surface area contributed by atoms with Crippen LogP contribution >= 0.6 is 0 Å². The quantitative estimate of drug-likeness (QED) is 0.727. The van der Waals surface area contributed by atoms with Crippen molar-refractivity contribution in [2.24, 2.45) is 0 Å². The summed E-state index contributed by atoms with van der Waals surface area (Å²) in [4.78, 5) is 12.0. The van der Waals surface area contributed by atoms with Crippen LogP contribution in [-0.4, -0.2) is 27.8 Å². The summed E-state index contributed by atoms with van der Waals surface area (Å²) >= 11 is 0. The summed E-state index contributed by atoms with van der Waals surface area (Å²) in [5, 5.41) is 18.2. The van der Waals surface area contributed by atoms with Crippen LogP contribution in [0.1, 0.15) is 27.2 Å². The van der Waals surface area contributed by atoms with Gasteiger partial charge in [0.05, 0.1) is 6.20 Å². The van der Waals surface area contributed by atoms with Gasteiger partial charge in [-0.05, 0) is 25.1 Å². The van der Waals surface area contributed by atoms with Gasteiger partial charge < -0.3 is 10.4 Å². The lowest BCUT2D eigenvalue weighted by Crippen LogP contribution is -2.22. The van der Waals surface area contributed by atoms with Gasteiger partial charge in [0.15, 0.2) is 0 Å². The number of aliphatic hydroxyl groups excluding tert-OH is 1. The molecular weight excluding hydrogens is 254 g/mol.